The van der Waals surface area contributed by atoms with Crippen LogP contribution in [0.15, 0.2) is 4.99 Å². The van der Waals surface area contributed by atoms with E-state index in [9.17, 15) is 9.59 Å². The Bertz CT molecular complexity index is 589. The molecule has 0 radical (unpaired) electrons. The molecule has 0 bridgehead atoms. The first-order valence-corrected chi connectivity index (χ1v) is 10.8. The smallest absolute Gasteiger partial charge is 0.407 e. The maximum atomic E-state index is 11.9. The molecule has 0 aromatic heterocycles. The monoisotopic (exact) mass is 427 g/mol. The van der Waals surface area contributed by atoms with Gasteiger partial charge in [0.15, 0.2) is 5.96 Å². The summed E-state index contributed by atoms with van der Waals surface area (Å²) in [6.07, 6.45) is 1.36. The van der Waals surface area contributed by atoms with Gasteiger partial charge in [-0.1, -0.05) is 0 Å². The Morgan fingerprint density at radius 1 is 0.900 bits per heavy atom. The summed E-state index contributed by atoms with van der Waals surface area (Å²) in [6.45, 7) is 17.6. The molecule has 0 unspecified atom stereocenters. The molecular formula is C21H41N5O4. The Hall–Kier alpha value is -2.19. The minimum atomic E-state index is -0.535. The Labute approximate surface area is 181 Å². The first-order chi connectivity index (χ1) is 13.7. The first-order valence-electron chi connectivity index (χ1n) is 10.8. The number of hydrogen-bond acceptors (Lipinski definition) is 5. The molecule has 1 saturated heterocycles. The number of ether oxygens (including phenoxy) is 2. The van der Waals surface area contributed by atoms with E-state index < -0.39 is 23.4 Å². The van der Waals surface area contributed by atoms with Gasteiger partial charge < -0.3 is 30.3 Å². The van der Waals surface area contributed by atoms with Crippen LogP contribution in [0.5, 0.6) is 0 Å². The molecule has 1 aliphatic rings. The van der Waals surface area contributed by atoms with E-state index in [2.05, 4.69) is 25.8 Å². The lowest BCUT2D eigenvalue weighted by Crippen LogP contribution is -2.48. The number of carbonyl (C=O) groups excluding carboxylic acids is 2. The molecule has 1 rings (SSSR count). The minimum Gasteiger partial charge on any atom is -0.444 e. The summed E-state index contributed by atoms with van der Waals surface area (Å²) in [5.74, 6) is 0.781. The lowest BCUT2D eigenvalue weighted by Gasteiger charge is -2.25. The maximum absolute atomic E-state index is 11.9. The van der Waals surface area contributed by atoms with Crippen molar-refractivity contribution in [2.24, 2.45) is 4.99 Å². The van der Waals surface area contributed by atoms with Crippen molar-refractivity contribution < 1.29 is 19.1 Å². The van der Waals surface area contributed by atoms with Gasteiger partial charge in [-0.15, -0.1) is 0 Å². The zero-order valence-corrected chi connectivity index (χ0v) is 19.9. The second-order valence-electron chi connectivity index (χ2n) is 9.83. The highest BCUT2D eigenvalue weighted by Gasteiger charge is 2.21. The SMILES string of the molecule is C[C@@H](CN=C(NC[C@H](C)NC(=O)OC(C)(C)C)N1CCCC1)NC(=O)OC(C)(C)C. The van der Waals surface area contributed by atoms with Crippen LogP contribution in [0.25, 0.3) is 0 Å². The Morgan fingerprint density at radius 2 is 1.37 bits per heavy atom. The van der Waals surface area contributed by atoms with Gasteiger partial charge in [0.05, 0.1) is 6.54 Å². The van der Waals surface area contributed by atoms with Gasteiger partial charge in [0, 0.05) is 31.7 Å². The number of nitrogens with zero attached hydrogens (tertiary/aromatic N) is 2. The van der Waals surface area contributed by atoms with E-state index in [0.29, 0.717) is 13.1 Å². The summed E-state index contributed by atoms with van der Waals surface area (Å²) in [5, 5.41) is 8.97. The van der Waals surface area contributed by atoms with E-state index >= 15 is 0 Å². The number of amides is 2. The zero-order valence-electron chi connectivity index (χ0n) is 19.9. The van der Waals surface area contributed by atoms with E-state index in [1.165, 1.54) is 0 Å². The van der Waals surface area contributed by atoms with Gasteiger partial charge in [-0.05, 0) is 68.2 Å². The molecule has 3 N–H and O–H groups in total. The summed E-state index contributed by atoms with van der Waals surface area (Å²) in [4.78, 5) is 30.7. The van der Waals surface area contributed by atoms with Gasteiger partial charge in [-0.2, -0.15) is 0 Å². The number of aliphatic imine (C=N–C) groups is 1. The lowest BCUT2D eigenvalue weighted by atomic mass is 10.2. The van der Waals surface area contributed by atoms with Crippen molar-refractivity contribution >= 4 is 18.1 Å². The zero-order chi connectivity index (χ0) is 22.9. The number of hydrogen-bond donors (Lipinski definition) is 3. The summed E-state index contributed by atoms with van der Waals surface area (Å²) in [5.41, 5.74) is -1.07. The Balaban J connectivity index is 2.58. The van der Waals surface area contributed by atoms with Crippen LogP contribution in [0.3, 0.4) is 0 Å². The molecule has 0 saturated carbocycles. The number of guanidine groups is 1. The molecule has 0 aliphatic carbocycles. The standard InChI is InChI=1S/C21H41N5O4/c1-15(24-18(27)29-20(3,4)5)13-22-17(26-11-9-10-12-26)23-14-16(2)25-19(28)30-21(6,7)8/h15-16H,9-14H2,1-8H3,(H,22,23)(H,24,27)(H,25,28)/t15-,16-/m0/s1. The topological polar surface area (TPSA) is 104 Å². The van der Waals surface area contributed by atoms with Crippen molar-refractivity contribution in [2.75, 3.05) is 26.2 Å². The summed E-state index contributed by atoms with van der Waals surface area (Å²) in [7, 11) is 0. The van der Waals surface area contributed by atoms with E-state index in [1.54, 1.807) is 0 Å². The summed E-state index contributed by atoms with van der Waals surface area (Å²) >= 11 is 0. The van der Waals surface area contributed by atoms with Gasteiger partial charge in [0.1, 0.15) is 11.2 Å². The van der Waals surface area contributed by atoms with E-state index in [-0.39, 0.29) is 12.1 Å². The van der Waals surface area contributed by atoms with Gasteiger partial charge >= 0.3 is 12.2 Å². The van der Waals surface area contributed by atoms with Gasteiger partial charge in [-0.3, -0.25) is 4.99 Å². The van der Waals surface area contributed by atoms with E-state index in [0.717, 1.165) is 31.9 Å². The fourth-order valence-electron chi connectivity index (χ4n) is 2.78. The number of carbonyl (C=O) groups is 2. The fourth-order valence-corrected chi connectivity index (χ4v) is 2.78. The van der Waals surface area contributed by atoms with Gasteiger partial charge in [-0.25, -0.2) is 9.59 Å². The van der Waals surface area contributed by atoms with Crippen LogP contribution in [-0.4, -0.2) is 72.5 Å². The lowest BCUT2D eigenvalue weighted by molar-refractivity contribution is 0.0498. The van der Waals surface area contributed by atoms with Crippen molar-refractivity contribution in [3.8, 4) is 0 Å². The van der Waals surface area contributed by atoms with E-state index in [1.807, 2.05) is 55.4 Å². The van der Waals surface area contributed by atoms with Crippen molar-refractivity contribution in [1.29, 1.82) is 0 Å². The third kappa shape index (κ3) is 11.7. The summed E-state index contributed by atoms with van der Waals surface area (Å²) < 4.78 is 10.6. The molecule has 30 heavy (non-hydrogen) atoms. The molecule has 174 valence electrons. The van der Waals surface area contributed by atoms with Gasteiger partial charge in [0.2, 0.25) is 0 Å². The van der Waals surface area contributed by atoms with Crippen molar-refractivity contribution in [1.82, 2.24) is 20.9 Å². The second-order valence-corrected chi connectivity index (χ2v) is 9.83. The first kappa shape index (κ1) is 25.8. The predicted molar refractivity (Wildman–Crippen MR) is 119 cm³/mol. The highest BCUT2D eigenvalue weighted by atomic mass is 16.6. The quantitative estimate of drug-likeness (QED) is 0.445. The van der Waals surface area contributed by atoms with Crippen LogP contribution in [0, 0.1) is 0 Å². The van der Waals surface area contributed by atoms with Crippen LogP contribution in [0.2, 0.25) is 0 Å². The van der Waals surface area contributed by atoms with Crippen LogP contribution in [0.1, 0.15) is 68.2 Å². The third-order valence-corrected chi connectivity index (χ3v) is 4.01. The third-order valence-electron chi connectivity index (χ3n) is 4.01. The minimum absolute atomic E-state index is 0.134. The van der Waals surface area contributed by atoms with Gasteiger partial charge in [0.25, 0.3) is 0 Å². The summed E-state index contributed by atoms with van der Waals surface area (Å²) in [6, 6.07) is -0.304. The molecule has 0 aromatic carbocycles. The van der Waals surface area contributed by atoms with Crippen molar-refractivity contribution in [2.45, 2.75) is 91.5 Å². The highest BCUT2D eigenvalue weighted by Crippen LogP contribution is 2.09. The Morgan fingerprint density at radius 3 is 1.83 bits per heavy atom. The predicted octanol–water partition coefficient (Wildman–Crippen LogP) is 2.85. The molecule has 9 heteroatoms. The molecular weight excluding hydrogens is 386 g/mol. The normalized spacial score (nSPS) is 17.2. The molecule has 1 aliphatic heterocycles. The highest BCUT2D eigenvalue weighted by molar-refractivity contribution is 5.80. The second kappa shape index (κ2) is 11.3. The maximum Gasteiger partial charge on any atom is 0.407 e. The molecule has 0 spiro atoms. The molecule has 1 fully saturated rings. The molecule has 2 amide bonds. The average Bonchev–Trinajstić information content (AvgIpc) is 3.05. The molecule has 9 nitrogen and oxygen atoms in total. The largest absolute Gasteiger partial charge is 0.444 e. The molecule has 0 aromatic rings. The van der Waals surface area contributed by atoms with Crippen molar-refractivity contribution in [3.05, 3.63) is 0 Å². The number of rotatable bonds is 6. The fraction of sp³-hybridized carbons (Fsp3) is 0.857. The van der Waals surface area contributed by atoms with Crippen LogP contribution >= 0.6 is 0 Å². The number of alkyl carbamates (subject to hydrolysis) is 2. The van der Waals surface area contributed by atoms with Crippen molar-refractivity contribution in [3.63, 3.8) is 0 Å². The Kier molecular flexibility index (Phi) is 9.71. The van der Waals surface area contributed by atoms with Crippen LogP contribution < -0.4 is 16.0 Å². The van der Waals surface area contributed by atoms with E-state index in [4.69, 9.17) is 9.47 Å². The van der Waals surface area contributed by atoms with Crippen LogP contribution in [0.4, 0.5) is 9.59 Å². The molecule has 2 atom stereocenters. The number of likely N-dealkylation sites (tertiary alicyclic amines) is 1. The number of nitrogens with one attached hydrogen (secondary N) is 3. The average molecular weight is 428 g/mol. The molecule has 1 heterocycles. The van der Waals surface area contributed by atoms with Crippen LogP contribution in [-0.2, 0) is 9.47 Å².